The van der Waals surface area contributed by atoms with Crippen LogP contribution >= 0.6 is 0 Å². The third kappa shape index (κ3) is 5.78. The van der Waals surface area contributed by atoms with E-state index in [1.54, 1.807) is 49.5 Å². The molecule has 2 N–H and O–H groups in total. The molecular formula is C24H29N3O5. The molecule has 8 nitrogen and oxygen atoms in total. The maximum atomic E-state index is 12.9. The second kappa shape index (κ2) is 11.2. The molecule has 1 saturated heterocycles. The molecule has 3 rings (SSSR count). The number of rotatable bonds is 7. The average molecular weight is 440 g/mol. The number of hydrogen-bond acceptors (Lipinski definition) is 5. The summed E-state index contributed by atoms with van der Waals surface area (Å²) in [4.78, 5) is 39.3. The number of amides is 3. The summed E-state index contributed by atoms with van der Waals surface area (Å²) in [6, 6.07) is 12.3. The van der Waals surface area contributed by atoms with Crippen molar-refractivity contribution in [2.24, 2.45) is 0 Å². The Balaban J connectivity index is 1.56. The predicted molar refractivity (Wildman–Crippen MR) is 121 cm³/mol. The maximum Gasteiger partial charge on any atom is 0.313 e. The Morgan fingerprint density at radius 3 is 2.34 bits per heavy atom. The minimum atomic E-state index is -0.809. The van der Waals surface area contributed by atoms with Gasteiger partial charge < -0.3 is 25.0 Å². The van der Waals surface area contributed by atoms with Gasteiger partial charge in [0.1, 0.15) is 0 Å². The van der Waals surface area contributed by atoms with E-state index in [4.69, 9.17) is 9.47 Å². The monoisotopic (exact) mass is 439 g/mol. The van der Waals surface area contributed by atoms with Gasteiger partial charge in [-0.25, -0.2) is 0 Å². The smallest absolute Gasteiger partial charge is 0.313 e. The lowest BCUT2D eigenvalue weighted by atomic mass is 10.1. The molecule has 3 amide bonds. The number of carbonyl (C=O) groups is 3. The summed E-state index contributed by atoms with van der Waals surface area (Å²) in [5.74, 6) is -0.474. The molecule has 0 atom stereocenters. The number of ether oxygens (including phenoxy) is 2. The Kier molecular flexibility index (Phi) is 8.08. The summed E-state index contributed by atoms with van der Waals surface area (Å²) >= 11 is 0. The molecule has 0 bridgehead atoms. The van der Waals surface area contributed by atoms with E-state index >= 15 is 0 Å². The molecule has 0 aromatic heterocycles. The predicted octanol–water partition coefficient (Wildman–Crippen LogP) is 2.63. The van der Waals surface area contributed by atoms with E-state index in [0.717, 1.165) is 24.8 Å². The first-order valence-electron chi connectivity index (χ1n) is 10.7. The molecule has 0 radical (unpaired) electrons. The summed E-state index contributed by atoms with van der Waals surface area (Å²) in [5.41, 5.74) is 1.66. The number of anilines is 1. The first-order valence-corrected chi connectivity index (χ1v) is 10.7. The number of nitrogens with one attached hydrogen (secondary N) is 2. The largest absolute Gasteiger partial charge is 0.493 e. The molecule has 0 spiro atoms. The molecule has 1 heterocycles. The van der Waals surface area contributed by atoms with Crippen LogP contribution in [0.3, 0.4) is 0 Å². The zero-order valence-corrected chi connectivity index (χ0v) is 18.5. The van der Waals surface area contributed by atoms with Gasteiger partial charge in [0.25, 0.3) is 5.91 Å². The number of para-hydroxylation sites is 1. The molecule has 0 saturated carbocycles. The standard InChI is InChI=1S/C24H29N3O5/c1-31-20-11-10-17(16-21(20)32-2)12-13-25-22(28)23(29)26-19-9-5-4-8-18(19)24(30)27-14-6-3-7-15-27/h4-5,8-11,16H,3,6-7,12-15H2,1-2H3,(H,25,28)(H,26,29). The van der Waals surface area contributed by atoms with Crippen LogP contribution in [0.1, 0.15) is 35.2 Å². The number of carbonyl (C=O) groups excluding carboxylic acids is 3. The first kappa shape index (κ1) is 23.1. The minimum Gasteiger partial charge on any atom is -0.493 e. The van der Waals surface area contributed by atoms with E-state index in [-0.39, 0.29) is 12.5 Å². The average Bonchev–Trinajstić information content (AvgIpc) is 2.84. The third-order valence-electron chi connectivity index (χ3n) is 5.40. The molecule has 1 fully saturated rings. The fraction of sp³-hybridized carbons (Fsp3) is 0.375. The highest BCUT2D eigenvalue weighted by atomic mass is 16.5. The van der Waals surface area contributed by atoms with E-state index < -0.39 is 11.8 Å². The molecule has 0 aliphatic carbocycles. The van der Waals surface area contributed by atoms with Gasteiger partial charge in [0.05, 0.1) is 25.5 Å². The molecule has 170 valence electrons. The molecule has 32 heavy (non-hydrogen) atoms. The topological polar surface area (TPSA) is 97.0 Å². The third-order valence-corrected chi connectivity index (χ3v) is 5.40. The minimum absolute atomic E-state index is 0.130. The van der Waals surface area contributed by atoms with Gasteiger partial charge in [-0.3, -0.25) is 14.4 Å². The van der Waals surface area contributed by atoms with Crippen molar-refractivity contribution in [1.82, 2.24) is 10.2 Å². The summed E-state index contributed by atoms with van der Waals surface area (Å²) < 4.78 is 10.5. The number of benzene rings is 2. The highest BCUT2D eigenvalue weighted by molar-refractivity contribution is 6.40. The maximum absolute atomic E-state index is 12.9. The zero-order valence-electron chi connectivity index (χ0n) is 18.5. The lowest BCUT2D eigenvalue weighted by Gasteiger charge is -2.27. The van der Waals surface area contributed by atoms with Crippen molar-refractivity contribution >= 4 is 23.4 Å². The van der Waals surface area contributed by atoms with Crippen molar-refractivity contribution in [1.29, 1.82) is 0 Å². The van der Waals surface area contributed by atoms with Gasteiger partial charge in [-0.05, 0) is 55.5 Å². The molecule has 1 aliphatic heterocycles. The van der Waals surface area contributed by atoms with E-state index in [9.17, 15) is 14.4 Å². The Labute approximate surface area is 187 Å². The Bertz CT molecular complexity index is 970. The highest BCUT2D eigenvalue weighted by Gasteiger charge is 2.22. The van der Waals surface area contributed by atoms with Gasteiger partial charge in [-0.2, -0.15) is 0 Å². The normalized spacial score (nSPS) is 13.2. The fourth-order valence-corrected chi connectivity index (χ4v) is 3.66. The van der Waals surface area contributed by atoms with E-state index in [1.807, 2.05) is 12.1 Å². The fourth-order valence-electron chi connectivity index (χ4n) is 3.66. The van der Waals surface area contributed by atoms with E-state index in [0.29, 0.717) is 42.3 Å². The van der Waals surface area contributed by atoms with Gasteiger partial charge in [-0.15, -0.1) is 0 Å². The Morgan fingerprint density at radius 1 is 0.906 bits per heavy atom. The van der Waals surface area contributed by atoms with Crippen molar-refractivity contribution in [2.75, 3.05) is 39.2 Å². The van der Waals surface area contributed by atoms with Crippen LogP contribution < -0.4 is 20.1 Å². The lowest BCUT2D eigenvalue weighted by molar-refractivity contribution is -0.136. The molecule has 0 unspecified atom stereocenters. The second-order valence-electron chi connectivity index (χ2n) is 7.55. The molecule has 2 aromatic carbocycles. The summed E-state index contributed by atoms with van der Waals surface area (Å²) in [6.45, 7) is 1.69. The first-order chi connectivity index (χ1) is 15.5. The van der Waals surface area contributed by atoms with Gasteiger partial charge in [0.2, 0.25) is 0 Å². The second-order valence-corrected chi connectivity index (χ2v) is 7.55. The van der Waals surface area contributed by atoms with Crippen molar-refractivity contribution in [2.45, 2.75) is 25.7 Å². The Hall–Kier alpha value is -3.55. The van der Waals surface area contributed by atoms with Gasteiger partial charge >= 0.3 is 11.8 Å². The van der Waals surface area contributed by atoms with Crippen molar-refractivity contribution < 1.29 is 23.9 Å². The van der Waals surface area contributed by atoms with Crippen molar-refractivity contribution in [3.63, 3.8) is 0 Å². The zero-order chi connectivity index (χ0) is 22.9. The van der Waals surface area contributed by atoms with E-state index in [2.05, 4.69) is 10.6 Å². The molecule has 2 aromatic rings. The highest BCUT2D eigenvalue weighted by Crippen LogP contribution is 2.27. The molecule has 1 aliphatic rings. The lowest BCUT2D eigenvalue weighted by Crippen LogP contribution is -2.38. The van der Waals surface area contributed by atoms with Crippen LogP contribution in [0.25, 0.3) is 0 Å². The van der Waals surface area contributed by atoms with Crippen LogP contribution in [0.5, 0.6) is 11.5 Å². The van der Waals surface area contributed by atoms with Gasteiger partial charge in [0.15, 0.2) is 11.5 Å². The van der Waals surface area contributed by atoms with Crippen molar-refractivity contribution in [3.05, 3.63) is 53.6 Å². The molecule has 8 heteroatoms. The number of hydrogen-bond donors (Lipinski definition) is 2. The SMILES string of the molecule is COc1ccc(CCNC(=O)C(=O)Nc2ccccc2C(=O)N2CCCCC2)cc1OC. The van der Waals surface area contributed by atoms with Crippen LogP contribution in [0, 0.1) is 0 Å². The summed E-state index contributed by atoms with van der Waals surface area (Å²) in [5, 5.41) is 5.19. The Morgan fingerprint density at radius 2 is 1.62 bits per heavy atom. The number of nitrogens with zero attached hydrogens (tertiary/aromatic N) is 1. The number of likely N-dealkylation sites (tertiary alicyclic amines) is 1. The number of piperidine rings is 1. The summed E-state index contributed by atoms with van der Waals surface area (Å²) in [6.07, 6.45) is 3.58. The number of methoxy groups -OCH3 is 2. The van der Waals surface area contributed by atoms with Crippen LogP contribution in [0.15, 0.2) is 42.5 Å². The van der Waals surface area contributed by atoms with Gasteiger partial charge in [0, 0.05) is 19.6 Å². The van der Waals surface area contributed by atoms with Crippen LogP contribution in [0.4, 0.5) is 5.69 Å². The van der Waals surface area contributed by atoms with Crippen LogP contribution in [-0.2, 0) is 16.0 Å². The quantitative estimate of drug-likeness (QED) is 0.647. The van der Waals surface area contributed by atoms with Crippen LogP contribution in [0.2, 0.25) is 0 Å². The van der Waals surface area contributed by atoms with Crippen molar-refractivity contribution in [3.8, 4) is 11.5 Å². The van der Waals surface area contributed by atoms with Gasteiger partial charge in [-0.1, -0.05) is 18.2 Å². The molecular weight excluding hydrogens is 410 g/mol. The summed E-state index contributed by atoms with van der Waals surface area (Å²) in [7, 11) is 3.12. The van der Waals surface area contributed by atoms with E-state index in [1.165, 1.54) is 0 Å². The van der Waals surface area contributed by atoms with Crippen LogP contribution in [-0.4, -0.2) is 56.5 Å².